The number of rotatable bonds is 4. The maximum absolute atomic E-state index is 5.83. The molecule has 2 rings (SSSR count). The van der Waals surface area contributed by atoms with Crippen LogP contribution in [0, 0.1) is 0 Å². The van der Waals surface area contributed by atoms with Crippen molar-refractivity contribution in [2.24, 2.45) is 5.73 Å². The molecule has 0 aliphatic rings. The molecule has 0 bridgehead atoms. The van der Waals surface area contributed by atoms with E-state index in [9.17, 15) is 0 Å². The Morgan fingerprint density at radius 1 is 1.16 bits per heavy atom. The number of hydrogen-bond donors (Lipinski definition) is 1. The smallest absolute Gasteiger partial charge is 0.132 e. The summed E-state index contributed by atoms with van der Waals surface area (Å²) >= 11 is 0. The molecule has 3 nitrogen and oxygen atoms in total. The van der Waals surface area contributed by atoms with Crippen LogP contribution in [0.4, 0.5) is 11.5 Å². The Morgan fingerprint density at radius 3 is 2.32 bits per heavy atom. The quantitative estimate of drug-likeness (QED) is 0.910. The van der Waals surface area contributed by atoms with Crippen LogP contribution < -0.4 is 10.6 Å². The standard InChI is InChI=1S/C16H21N3/c1-4-13-5-8-15(9-6-13)19(3)16-10-7-14(11-18-16)12(2)17/h5-12H,4,17H2,1-3H3. The SMILES string of the molecule is CCc1ccc(N(C)c2ccc(C(C)N)cn2)cc1. The molecule has 0 aliphatic heterocycles. The summed E-state index contributed by atoms with van der Waals surface area (Å²) in [7, 11) is 2.02. The summed E-state index contributed by atoms with van der Waals surface area (Å²) in [4.78, 5) is 6.54. The van der Waals surface area contributed by atoms with Gasteiger partial charge in [-0.25, -0.2) is 4.98 Å². The van der Waals surface area contributed by atoms with Crippen LogP contribution >= 0.6 is 0 Å². The molecule has 1 heterocycles. The van der Waals surface area contributed by atoms with Gasteiger partial charge in [-0.2, -0.15) is 0 Å². The lowest BCUT2D eigenvalue weighted by Crippen LogP contribution is -2.12. The zero-order chi connectivity index (χ0) is 13.8. The second-order valence-corrected chi connectivity index (χ2v) is 4.82. The zero-order valence-electron chi connectivity index (χ0n) is 11.8. The number of anilines is 2. The van der Waals surface area contributed by atoms with Gasteiger partial charge in [0.15, 0.2) is 0 Å². The van der Waals surface area contributed by atoms with E-state index in [0.29, 0.717) is 0 Å². The van der Waals surface area contributed by atoms with Crippen molar-refractivity contribution in [1.29, 1.82) is 0 Å². The topological polar surface area (TPSA) is 42.1 Å². The first-order valence-electron chi connectivity index (χ1n) is 6.66. The van der Waals surface area contributed by atoms with Gasteiger partial charge in [0.05, 0.1) is 0 Å². The molecule has 0 radical (unpaired) electrons. The molecule has 100 valence electrons. The monoisotopic (exact) mass is 255 g/mol. The molecular weight excluding hydrogens is 234 g/mol. The van der Waals surface area contributed by atoms with E-state index in [2.05, 4.69) is 41.1 Å². The highest BCUT2D eigenvalue weighted by molar-refractivity contribution is 5.59. The number of hydrogen-bond acceptors (Lipinski definition) is 3. The number of benzene rings is 1. The van der Waals surface area contributed by atoms with E-state index in [0.717, 1.165) is 23.5 Å². The first kappa shape index (κ1) is 13.6. The minimum atomic E-state index is 0.0238. The third-order valence-corrected chi connectivity index (χ3v) is 3.37. The molecule has 0 saturated heterocycles. The number of pyridine rings is 1. The van der Waals surface area contributed by atoms with E-state index in [1.54, 1.807) is 0 Å². The summed E-state index contributed by atoms with van der Waals surface area (Å²) in [5, 5.41) is 0. The Balaban J connectivity index is 2.20. The second kappa shape index (κ2) is 5.85. The van der Waals surface area contributed by atoms with E-state index in [-0.39, 0.29) is 6.04 Å². The zero-order valence-corrected chi connectivity index (χ0v) is 11.8. The van der Waals surface area contributed by atoms with Crippen LogP contribution in [-0.4, -0.2) is 12.0 Å². The summed E-state index contributed by atoms with van der Waals surface area (Å²) in [6, 6.07) is 12.6. The Labute approximate surface area is 115 Å². The molecule has 19 heavy (non-hydrogen) atoms. The van der Waals surface area contributed by atoms with Crippen LogP contribution in [0.15, 0.2) is 42.6 Å². The normalized spacial score (nSPS) is 12.2. The van der Waals surface area contributed by atoms with Gasteiger partial charge in [0.25, 0.3) is 0 Å². The molecule has 0 spiro atoms. The maximum Gasteiger partial charge on any atom is 0.132 e. The molecule has 0 fully saturated rings. The molecule has 1 aromatic carbocycles. The summed E-state index contributed by atoms with van der Waals surface area (Å²) in [6.45, 7) is 4.12. The van der Waals surface area contributed by atoms with Crippen molar-refractivity contribution < 1.29 is 0 Å². The molecule has 0 aliphatic carbocycles. The van der Waals surface area contributed by atoms with Crippen LogP contribution in [0.25, 0.3) is 0 Å². The summed E-state index contributed by atoms with van der Waals surface area (Å²) in [5.74, 6) is 0.925. The molecule has 1 unspecified atom stereocenters. The van der Waals surface area contributed by atoms with Crippen molar-refractivity contribution >= 4 is 11.5 Å². The minimum absolute atomic E-state index is 0.0238. The van der Waals surface area contributed by atoms with Gasteiger partial charge >= 0.3 is 0 Å². The molecule has 2 aromatic rings. The number of aromatic nitrogens is 1. The molecule has 1 aromatic heterocycles. The van der Waals surface area contributed by atoms with Crippen molar-refractivity contribution in [2.75, 3.05) is 11.9 Å². The van der Waals surface area contributed by atoms with Gasteiger partial charge in [-0.3, -0.25) is 0 Å². The van der Waals surface area contributed by atoms with Crippen molar-refractivity contribution in [3.8, 4) is 0 Å². The van der Waals surface area contributed by atoms with Crippen LogP contribution in [-0.2, 0) is 6.42 Å². The summed E-state index contributed by atoms with van der Waals surface area (Å²) in [5.41, 5.74) is 9.37. The Morgan fingerprint density at radius 2 is 1.84 bits per heavy atom. The van der Waals surface area contributed by atoms with Crippen LogP contribution in [0.2, 0.25) is 0 Å². The number of nitrogens with two attached hydrogens (primary N) is 1. The van der Waals surface area contributed by atoms with Gasteiger partial charge in [-0.1, -0.05) is 25.1 Å². The predicted molar refractivity (Wildman–Crippen MR) is 80.7 cm³/mol. The van der Waals surface area contributed by atoms with Crippen molar-refractivity contribution in [1.82, 2.24) is 4.98 Å². The molecule has 3 heteroatoms. The highest BCUT2D eigenvalue weighted by Crippen LogP contribution is 2.22. The third kappa shape index (κ3) is 3.12. The fourth-order valence-electron chi connectivity index (χ4n) is 1.95. The first-order valence-corrected chi connectivity index (χ1v) is 6.66. The van der Waals surface area contributed by atoms with Crippen LogP contribution in [0.3, 0.4) is 0 Å². The lowest BCUT2D eigenvalue weighted by molar-refractivity contribution is 0.811. The lowest BCUT2D eigenvalue weighted by Gasteiger charge is -2.19. The van der Waals surface area contributed by atoms with E-state index >= 15 is 0 Å². The van der Waals surface area contributed by atoms with Gasteiger partial charge in [-0.15, -0.1) is 0 Å². The highest BCUT2D eigenvalue weighted by Gasteiger charge is 2.06. The molecule has 0 amide bonds. The van der Waals surface area contributed by atoms with Crippen molar-refractivity contribution in [3.63, 3.8) is 0 Å². The Bertz CT molecular complexity index is 515. The van der Waals surface area contributed by atoms with Crippen LogP contribution in [0.5, 0.6) is 0 Å². The molecule has 1 atom stereocenters. The molecular formula is C16H21N3. The van der Waals surface area contributed by atoms with Gasteiger partial charge in [0.1, 0.15) is 5.82 Å². The van der Waals surface area contributed by atoms with Crippen LogP contribution in [0.1, 0.15) is 31.0 Å². The van der Waals surface area contributed by atoms with E-state index in [1.165, 1.54) is 5.56 Å². The van der Waals surface area contributed by atoms with Gasteiger partial charge in [-0.05, 0) is 42.7 Å². The Kier molecular flexibility index (Phi) is 4.17. The summed E-state index contributed by atoms with van der Waals surface area (Å²) in [6.07, 6.45) is 2.91. The van der Waals surface area contributed by atoms with Crippen molar-refractivity contribution in [2.45, 2.75) is 26.3 Å². The average Bonchev–Trinajstić information content (AvgIpc) is 2.46. The highest BCUT2D eigenvalue weighted by atomic mass is 15.2. The number of aryl methyl sites for hydroxylation is 1. The van der Waals surface area contributed by atoms with E-state index < -0.39 is 0 Å². The molecule has 0 saturated carbocycles. The predicted octanol–water partition coefficient (Wildman–Crippen LogP) is 3.43. The van der Waals surface area contributed by atoms with E-state index in [1.807, 2.05) is 32.3 Å². The largest absolute Gasteiger partial charge is 0.329 e. The molecule has 2 N–H and O–H groups in total. The minimum Gasteiger partial charge on any atom is -0.329 e. The second-order valence-electron chi connectivity index (χ2n) is 4.82. The maximum atomic E-state index is 5.83. The van der Waals surface area contributed by atoms with Gasteiger partial charge in [0, 0.05) is 25.0 Å². The van der Waals surface area contributed by atoms with E-state index in [4.69, 9.17) is 5.73 Å². The Hall–Kier alpha value is -1.87. The first-order chi connectivity index (χ1) is 9.11. The van der Waals surface area contributed by atoms with Gasteiger partial charge < -0.3 is 10.6 Å². The average molecular weight is 255 g/mol. The third-order valence-electron chi connectivity index (χ3n) is 3.37. The fourth-order valence-corrected chi connectivity index (χ4v) is 1.95. The summed E-state index contributed by atoms with van der Waals surface area (Å²) < 4.78 is 0. The van der Waals surface area contributed by atoms with Crippen molar-refractivity contribution in [3.05, 3.63) is 53.7 Å². The van der Waals surface area contributed by atoms with Gasteiger partial charge in [0.2, 0.25) is 0 Å². The fraction of sp³-hybridized carbons (Fsp3) is 0.312. The lowest BCUT2D eigenvalue weighted by atomic mass is 10.1. The number of nitrogens with zero attached hydrogens (tertiary/aromatic N) is 2.